The Balaban J connectivity index is 2.88. The van der Waals surface area contributed by atoms with E-state index in [2.05, 4.69) is 5.32 Å². The maximum atomic E-state index is 13.8. The summed E-state index contributed by atoms with van der Waals surface area (Å²) < 4.78 is 18.8. The van der Waals surface area contributed by atoms with Crippen LogP contribution in [0.2, 0.25) is 0 Å². The molecule has 0 bridgehead atoms. The van der Waals surface area contributed by atoms with Gasteiger partial charge in [-0.1, -0.05) is 25.8 Å². The number of rotatable bonds is 8. The number of halogens is 1. The Kier molecular flexibility index (Phi) is 6.65. The second-order valence-corrected chi connectivity index (χ2v) is 4.73. The number of benzene rings is 1. The fourth-order valence-corrected chi connectivity index (χ4v) is 2.04. The highest BCUT2D eigenvalue weighted by molar-refractivity contribution is 5.97. The van der Waals surface area contributed by atoms with Crippen molar-refractivity contribution in [3.05, 3.63) is 29.6 Å². The molecular formula is C15H20FNO4. The first-order valence-electron chi connectivity index (χ1n) is 6.84. The number of carboxylic acids is 1. The van der Waals surface area contributed by atoms with Crippen molar-refractivity contribution >= 4 is 11.9 Å². The van der Waals surface area contributed by atoms with Crippen molar-refractivity contribution in [2.45, 2.75) is 38.6 Å². The number of carbonyl (C=O) groups excluding carboxylic acids is 1. The van der Waals surface area contributed by atoms with E-state index in [1.807, 2.05) is 6.92 Å². The van der Waals surface area contributed by atoms with Gasteiger partial charge in [-0.05, 0) is 18.6 Å². The lowest BCUT2D eigenvalue weighted by Gasteiger charge is -2.18. The Morgan fingerprint density at radius 1 is 1.43 bits per heavy atom. The van der Waals surface area contributed by atoms with Gasteiger partial charge in [-0.3, -0.25) is 9.59 Å². The van der Waals surface area contributed by atoms with E-state index in [-0.39, 0.29) is 17.7 Å². The summed E-state index contributed by atoms with van der Waals surface area (Å²) in [5, 5.41) is 11.4. The van der Waals surface area contributed by atoms with Crippen LogP contribution in [0.5, 0.6) is 5.75 Å². The van der Waals surface area contributed by atoms with Gasteiger partial charge in [0.1, 0.15) is 17.1 Å². The molecule has 116 valence electrons. The Hall–Kier alpha value is -2.11. The van der Waals surface area contributed by atoms with Gasteiger partial charge in [0.25, 0.3) is 5.91 Å². The third-order valence-electron chi connectivity index (χ3n) is 3.08. The summed E-state index contributed by atoms with van der Waals surface area (Å²) in [6.45, 7) is 1.97. The molecule has 0 aliphatic heterocycles. The summed E-state index contributed by atoms with van der Waals surface area (Å²) in [6.07, 6.45) is 2.01. The fourth-order valence-electron chi connectivity index (χ4n) is 2.04. The van der Waals surface area contributed by atoms with Crippen molar-refractivity contribution in [2.24, 2.45) is 0 Å². The molecule has 0 aromatic heterocycles. The molecule has 0 spiro atoms. The Bertz CT molecular complexity index is 504. The predicted octanol–water partition coefficient (Wildman–Crippen LogP) is 2.60. The highest BCUT2D eigenvalue weighted by Crippen LogP contribution is 2.21. The zero-order valence-electron chi connectivity index (χ0n) is 12.2. The first kappa shape index (κ1) is 16.9. The molecule has 0 heterocycles. The summed E-state index contributed by atoms with van der Waals surface area (Å²) in [7, 11) is 1.34. The maximum absolute atomic E-state index is 13.8. The smallest absolute Gasteiger partial charge is 0.305 e. The number of ether oxygens (including phenoxy) is 1. The van der Waals surface area contributed by atoms with E-state index < -0.39 is 23.7 Å². The van der Waals surface area contributed by atoms with Gasteiger partial charge in [0.05, 0.1) is 13.5 Å². The Morgan fingerprint density at radius 3 is 2.71 bits per heavy atom. The van der Waals surface area contributed by atoms with Gasteiger partial charge < -0.3 is 15.2 Å². The molecule has 0 aliphatic carbocycles. The third kappa shape index (κ3) is 5.06. The van der Waals surface area contributed by atoms with E-state index in [1.165, 1.54) is 19.2 Å². The van der Waals surface area contributed by atoms with Crippen LogP contribution in [0.4, 0.5) is 4.39 Å². The van der Waals surface area contributed by atoms with Gasteiger partial charge in [-0.2, -0.15) is 0 Å². The topological polar surface area (TPSA) is 75.6 Å². The van der Waals surface area contributed by atoms with Crippen LogP contribution in [0.1, 0.15) is 43.0 Å². The van der Waals surface area contributed by atoms with Crippen LogP contribution in [0.25, 0.3) is 0 Å². The monoisotopic (exact) mass is 297 g/mol. The van der Waals surface area contributed by atoms with Crippen molar-refractivity contribution in [2.75, 3.05) is 7.11 Å². The van der Waals surface area contributed by atoms with Crippen LogP contribution in [0.3, 0.4) is 0 Å². The maximum Gasteiger partial charge on any atom is 0.305 e. The van der Waals surface area contributed by atoms with Crippen LogP contribution in [0, 0.1) is 5.82 Å². The fraction of sp³-hybridized carbons (Fsp3) is 0.467. The normalized spacial score (nSPS) is 11.8. The van der Waals surface area contributed by atoms with Crippen molar-refractivity contribution in [1.29, 1.82) is 0 Å². The average molecular weight is 297 g/mol. The van der Waals surface area contributed by atoms with Crippen LogP contribution < -0.4 is 10.1 Å². The highest BCUT2D eigenvalue weighted by atomic mass is 19.1. The molecule has 1 aromatic carbocycles. The summed E-state index contributed by atoms with van der Waals surface area (Å²) in [5.74, 6) is -2.24. The quantitative estimate of drug-likeness (QED) is 0.773. The number of carboxylic acid groups (broad SMARTS) is 1. The lowest BCUT2D eigenvalue weighted by Crippen LogP contribution is -2.37. The van der Waals surface area contributed by atoms with Crippen molar-refractivity contribution in [3.63, 3.8) is 0 Å². The van der Waals surface area contributed by atoms with Gasteiger partial charge in [-0.15, -0.1) is 0 Å². The number of aliphatic carboxylic acids is 1. The molecule has 21 heavy (non-hydrogen) atoms. The van der Waals surface area contributed by atoms with Crippen molar-refractivity contribution in [1.82, 2.24) is 5.32 Å². The lowest BCUT2D eigenvalue weighted by atomic mass is 10.1. The van der Waals surface area contributed by atoms with E-state index in [4.69, 9.17) is 9.84 Å². The van der Waals surface area contributed by atoms with Gasteiger partial charge in [0, 0.05) is 6.04 Å². The molecule has 6 heteroatoms. The number of methoxy groups -OCH3 is 1. The lowest BCUT2D eigenvalue weighted by molar-refractivity contribution is -0.137. The summed E-state index contributed by atoms with van der Waals surface area (Å²) >= 11 is 0. The second-order valence-electron chi connectivity index (χ2n) is 4.73. The van der Waals surface area contributed by atoms with Crippen LogP contribution in [0.15, 0.2) is 18.2 Å². The summed E-state index contributed by atoms with van der Waals surface area (Å²) in [6, 6.07) is 3.56. The Labute approximate surface area is 123 Å². The van der Waals surface area contributed by atoms with Gasteiger partial charge in [-0.25, -0.2) is 4.39 Å². The molecule has 0 saturated heterocycles. The van der Waals surface area contributed by atoms with Crippen LogP contribution >= 0.6 is 0 Å². The summed E-state index contributed by atoms with van der Waals surface area (Å²) in [4.78, 5) is 23.0. The zero-order chi connectivity index (χ0) is 15.8. The van der Waals surface area contributed by atoms with E-state index in [0.717, 1.165) is 18.9 Å². The van der Waals surface area contributed by atoms with E-state index in [9.17, 15) is 14.0 Å². The number of nitrogens with one attached hydrogen (secondary N) is 1. The minimum Gasteiger partial charge on any atom is -0.496 e. The molecule has 1 rings (SSSR count). The first-order valence-corrected chi connectivity index (χ1v) is 6.84. The predicted molar refractivity (Wildman–Crippen MR) is 76.0 cm³/mol. The minimum atomic E-state index is -1.00. The molecule has 5 nitrogen and oxygen atoms in total. The molecule has 2 N–H and O–H groups in total. The molecule has 1 unspecified atom stereocenters. The number of hydrogen-bond donors (Lipinski definition) is 2. The molecular weight excluding hydrogens is 277 g/mol. The third-order valence-corrected chi connectivity index (χ3v) is 3.08. The molecule has 0 saturated carbocycles. The van der Waals surface area contributed by atoms with Gasteiger partial charge in [0.2, 0.25) is 0 Å². The molecule has 1 aromatic rings. The van der Waals surface area contributed by atoms with Crippen molar-refractivity contribution in [3.8, 4) is 5.75 Å². The molecule has 0 radical (unpaired) electrons. The standard InChI is InChI=1S/C15H20FNO4/c1-3-4-6-10(9-13(18)19)17-15(20)14-11(16)7-5-8-12(14)21-2/h5,7-8,10H,3-4,6,9H2,1-2H3,(H,17,20)(H,18,19). The van der Waals surface area contributed by atoms with Crippen LogP contribution in [-0.2, 0) is 4.79 Å². The Morgan fingerprint density at radius 2 is 2.14 bits per heavy atom. The minimum absolute atomic E-state index is 0.122. The number of amides is 1. The SMILES string of the molecule is CCCCC(CC(=O)O)NC(=O)c1c(F)cccc1OC. The zero-order valence-corrected chi connectivity index (χ0v) is 12.2. The molecule has 1 atom stereocenters. The largest absolute Gasteiger partial charge is 0.496 e. The van der Waals surface area contributed by atoms with Crippen LogP contribution in [-0.4, -0.2) is 30.1 Å². The van der Waals surface area contributed by atoms with Gasteiger partial charge >= 0.3 is 5.97 Å². The average Bonchev–Trinajstić information content (AvgIpc) is 2.43. The second kappa shape index (κ2) is 8.24. The summed E-state index contributed by atoms with van der Waals surface area (Å²) in [5.41, 5.74) is -0.202. The molecule has 0 aliphatic rings. The van der Waals surface area contributed by atoms with Gasteiger partial charge in [0.15, 0.2) is 0 Å². The number of carbonyl (C=O) groups is 2. The van der Waals surface area contributed by atoms with E-state index in [1.54, 1.807) is 0 Å². The molecule has 1 amide bonds. The van der Waals surface area contributed by atoms with Crippen molar-refractivity contribution < 1.29 is 23.8 Å². The number of unbranched alkanes of at least 4 members (excludes halogenated alkanes) is 1. The van der Waals surface area contributed by atoms with E-state index >= 15 is 0 Å². The van der Waals surface area contributed by atoms with E-state index in [0.29, 0.717) is 6.42 Å². The highest BCUT2D eigenvalue weighted by Gasteiger charge is 2.21. The number of hydrogen-bond acceptors (Lipinski definition) is 3. The first-order chi connectivity index (χ1) is 9.99. The molecule has 0 fully saturated rings.